The predicted molar refractivity (Wildman–Crippen MR) is 74.8 cm³/mol. The maximum Gasteiger partial charge on any atom is 0.158 e. The van der Waals surface area contributed by atoms with Gasteiger partial charge in [0.05, 0.1) is 12.3 Å². The van der Waals surface area contributed by atoms with Gasteiger partial charge in [-0.15, -0.1) is 0 Å². The second-order valence-electron chi connectivity index (χ2n) is 6.13. The van der Waals surface area contributed by atoms with Crippen LogP contribution in [-0.4, -0.2) is 47.2 Å². The lowest BCUT2D eigenvalue weighted by molar-refractivity contribution is -0.0256. The van der Waals surface area contributed by atoms with E-state index in [0.29, 0.717) is 0 Å². The predicted octanol–water partition coefficient (Wildman–Crippen LogP) is 1.37. The first-order valence-electron chi connectivity index (χ1n) is 6.81. The van der Waals surface area contributed by atoms with E-state index in [1.165, 1.54) is 0 Å². The highest BCUT2D eigenvalue weighted by atomic mass is 16.5. The Morgan fingerprint density at radius 2 is 2.26 bits per heavy atom. The van der Waals surface area contributed by atoms with Gasteiger partial charge in [0.1, 0.15) is 6.10 Å². The van der Waals surface area contributed by atoms with Gasteiger partial charge in [0.25, 0.3) is 0 Å². The van der Waals surface area contributed by atoms with Crippen LogP contribution in [0.3, 0.4) is 0 Å². The molecule has 1 fully saturated rings. The lowest BCUT2D eigenvalue weighted by atomic mass is 10.1. The standard InChI is InChI=1S/C14H24N4O/c1-14(2,3)16-9-11-5-6-15-13(17-11)12-10-18(4)7-8-19-12/h5-6,12,16H,7-10H2,1-4H3. The zero-order valence-corrected chi connectivity index (χ0v) is 12.3. The Kier molecular flexibility index (Phi) is 4.50. The average Bonchev–Trinajstić information content (AvgIpc) is 2.36. The number of aromatic nitrogens is 2. The van der Waals surface area contributed by atoms with Gasteiger partial charge >= 0.3 is 0 Å². The topological polar surface area (TPSA) is 50.3 Å². The first kappa shape index (κ1) is 14.4. The van der Waals surface area contributed by atoms with Crippen LogP contribution in [0.4, 0.5) is 0 Å². The summed E-state index contributed by atoms with van der Waals surface area (Å²) in [6.45, 7) is 9.77. The molecule has 0 radical (unpaired) electrons. The molecule has 2 rings (SSSR count). The maximum atomic E-state index is 5.75. The van der Waals surface area contributed by atoms with Crippen LogP contribution in [0.25, 0.3) is 0 Å². The summed E-state index contributed by atoms with van der Waals surface area (Å²) in [7, 11) is 2.10. The van der Waals surface area contributed by atoms with Crippen LogP contribution in [-0.2, 0) is 11.3 Å². The highest BCUT2D eigenvalue weighted by Gasteiger charge is 2.22. The summed E-state index contributed by atoms with van der Waals surface area (Å²) in [5.74, 6) is 0.791. The van der Waals surface area contributed by atoms with E-state index in [-0.39, 0.29) is 11.6 Å². The Bertz CT molecular complexity index is 416. The summed E-state index contributed by atoms with van der Waals surface area (Å²) in [6.07, 6.45) is 1.81. The van der Waals surface area contributed by atoms with Crippen LogP contribution in [0.15, 0.2) is 12.3 Å². The molecular formula is C14H24N4O. The summed E-state index contributed by atoms with van der Waals surface area (Å²) in [5, 5.41) is 3.44. The van der Waals surface area contributed by atoms with Crippen molar-refractivity contribution in [2.45, 2.75) is 39.0 Å². The van der Waals surface area contributed by atoms with Gasteiger partial charge in [-0.1, -0.05) is 0 Å². The van der Waals surface area contributed by atoms with E-state index < -0.39 is 0 Å². The minimum atomic E-state index is -0.00617. The Morgan fingerprint density at radius 1 is 1.47 bits per heavy atom. The summed E-state index contributed by atoms with van der Waals surface area (Å²) in [4.78, 5) is 11.2. The first-order valence-corrected chi connectivity index (χ1v) is 6.81. The van der Waals surface area contributed by atoms with Crippen molar-refractivity contribution in [3.05, 3.63) is 23.8 Å². The monoisotopic (exact) mass is 264 g/mol. The smallest absolute Gasteiger partial charge is 0.158 e. The SMILES string of the molecule is CN1CCOC(c2nccc(CNC(C)(C)C)n2)C1. The Hall–Kier alpha value is -1.04. The van der Waals surface area contributed by atoms with Crippen molar-refractivity contribution >= 4 is 0 Å². The third-order valence-corrected chi connectivity index (χ3v) is 3.09. The Labute approximate surface area is 115 Å². The number of likely N-dealkylation sites (N-methyl/N-ethyl adjacent to an activating group) is 1. The summed E-state index contributed by atoms with van der Waals surface area (Å²) < 4.78 is 5.75. The van der Waals surface area contributed by atoms with Gasteiger partial charge in [0.15, 0.2) is 5.82 Å². The molecule has 0 saturated carbocycles. The molecule has 0 spiro atoms. The van der Waals surface area contributed by atoms with Gasteiger partial charge in [-0.3, -0.25) is 0 Å². The van der Waals surface area contributed by atoms with Gasteiger partial charge in [-0.05, 0) is 33.9 Å². The third kappa shape index (κ3) is 4.53. The summed E-state index contributed by atoms with van der Waals surface area (Å²) in [6, 6.07) is 1.95. The van der Waals surface area contributed by atoms with E-state index in [1.807, 2.05) is 12.3 Å². The molecule has 106 valence electrons. The molecule has 0 bridgehead atoms. The molecule has 1 atom stereocenters. The van der Waals surface area contributed by atoms with Crippen LogP contribution in [0.2, 0.25) is 0 Å². The molecule has 5 nitrogen and oxygen atoms in total. The number of nitrogens with zero attached hydrogens (tertiary/aromatic N) is 3. The van der Waals surface area contributed by atoms with Crippen molar-refractivity contribution < 1.29 is 4.74 Å². The minimum Gasteiger partial charge on any atom is -0.368 e. The van der Waals surface area contributed by atoms with Gasteiger partial charge < -0.3 is 15.0 Å². The van der Waals surface area contributed by atoms with E-state index in [0.717, 1.165) is 37.8 Å². The van der Waals surface area contributed by atoms with Gasteiger partial charge in [-0.25, -0.2) is 9.97 Å². The van der Waals surface area contributed by atoms with Crippen molar-refractivity contribution in [1.82, 2.24) is 20.2 Å². The number of morpholine rings is 1. The molecule has 0 aromatic carbocycles. The van der Waals surface area contributed by atoms with Gasteiger partial charge in [0, 0.05) is 31.4 Å². The number of nitrogens with one attached hydrogen (secondary N) is 1. The van der Waals surface area contributed by atoms with Crippen molar-refractivity contribution in [1.29, 1.82) is 0 Å². The summed E-state index contributed by atoms with van der Waals surface area (Å²) in [5.41, 5.74) is 1.10. The molecule has 1 N–H and O–H groups in total. The molecule has 1 aliphatic rings. The minimum absolute atomic E-state index is 0.00617. The summed E-state index contributed by atoms with van der Waals surface area (Å²) >= 11 is 0. The van der Waals surface area contributed by atoms with Crippen molar-refractivity contribution in [3.63, 3.8) is 0 Å². The molecule has 0 amide bonds. The largest absolute Gasteiger partial charge is 0.368 e. The maximum absolute atomic E-state index is 5.75. The number of ether oxygens (including phenoxy) is 1. The average molecular weight is 264 g/mol. The highest BCUT2D eigenvalue weighted by molar-refractivity contribution is 5.05. The van der Waals surface area contributed by atoms with Crippen LogP contribution >= 0.6 is 0 Å². The van der Waals surface area contributed by atoms with Gasteiger partial charge in [0.2, 0.25) is 0 Å². The number of hydrogen-bond donors (Lipinski definition) is 1. The zero-order valence-electron chi connectivity index (χ0n) is 12.3. The van der Waals surface area contributed by atoms with Crippen LogP contribution in [0, 0.1) is 0 Å². The molecule has 0 aliphatic carbocycles. The van der Waals surface area contributed by atoms with Crippen LogP contribution in [0.1, 0.15) is 38.4 Å². The molecule has 5 heteroatoms. The molecular weight excluding hydrogens is 240 g/mol. The molecule has 1 saturated heterocycles. The van der Waals surface area contributed by atoms with Crippen molar-refractivity contribution in [3.8, 4) is 0 Å². The normalized spacial score (nSPS) is 21.6. The first-order chi connectivity index (χ1) is 8.94. The van der Waals surface area contributed by atoms with Crippen molar-refractivity contribution in [2.24, 2.45) is 0 Å². The van der Waals surface area contributed by atoms with E-state index in [1.54, 1.807) is 0 Å². The van der Waals surface area contributed by atoms with Crippen LogP contribution < -0.4 is 5.32 Å². The van der Waals surface area contributed by atoms with E-state index in [4.69, 9.17) is 4.74 Å². The fraction of sp³-hybridized carbons (Fsp3) is 0.714. The molecule has 1 unspecified atom stereocenters. The second kappa shape index (κ2) is 5.94. The zero-order chi connectivity index (χ0) is 13.9. The second-order valence-corrected chi connectivity index (χ2v) is 6.13. The van der Waals surface area contributed by atoms with E-state index >= 15 is 0 Å². The Morgan fingerprint density at radius 3 is 2.95 bits per heavy atom. The number of rotatable bonds is 3. The Balaban J connectivity index is 2.02. The van der Waals surface area contributed by atoms with E-state index in [9.17, 15) is 0 Å². The lowest BCUT2D eigenvalue weighted by Gasteiger charge is -2.29. The quantitative estimate of drug-likeness (QED) is 0.893. The fourth-order valence-corrected chi connectivity index (χ4v) is 1.96. The molecule has 1 aliphatic heterocycles. The molecule has 19 heavy (non-hydrogen) atoms. The van der Waals surface area contributed by atoms with Crippen molar-refractivity contribution in [2.75, 3.05) is 26.7 Å². The lowest BCUT2D eigenvalue weighted by Crippen LogP contribution is -2.37. The highest BCUT2D eigenvalue weighted by Crippen LogP contribution is 2.18. The third-order valence-electron chi connectivity index (χ3n) is 3.09. The fourth-order valence-electron chi connectivity index (χ4n) is 1.96. The molecule has 1 aromatic heterocycles. The van der Waals surface area contributed by atoms with Gasteiger partial charge in [-0.2, -0.15) is 0 Å². The van der Waals surface area contributed by atoms with Crippen LogP contribution in [0.5, 0.6) is 0 Å². The molecule has 1 aromatic rings. The number of hydrogen-bond acceptors (Lipinski definition) is 5. The van der Waals surface area contributed by atoms with E-state index in [2.05, 4.69) is 48.0 Å². The molecule has 2 heterocycles.